The van der Waals surface area contributed by atoms with Gasteiger partial charge >= 0.3 is 0 Å². The van der Waals surface area contributed by atoms with E-state index < -0.39 is 48.1 Å². The Morgan fingerprint density at radius 3 is 2.30 bits per heavy atom. The van der Waals surface area contributed by atoms with Gasteiger partial charge in [-0.3, -0.25) is 19.2 Å². The van der Waals surface area contributed by atoms with Crippen LogP contribution in [0.1, 0.15) is 64.2 Å². The maximum atomic E-state index is 14.9. The first kappa shape index (κ1) is 40.9. The van der Waals surface area contributed by atoms with Crippen LogP contribution in [-0.2, 0) is 14.4 Å². The molecule has 4 atom stereocenters. The molecule has 286 valence electrons. The van der Waals surface area contributed by atoms with Crippen molar-refractivity contribution in [1.82, 2.24) is 20.4 Å². The molecule has 3 aromatic rings. The maximum absolute atomic E-state index is 14.9. The normalized spacial score (nSPS) is 19.2. The maximum Gasteiger partial charge on any atom is 0.255 e. The number of ether oxygens (including phenoxy) is 3. The fourth-order valence-electron chi connectivity index (χ4n) is 6.00. The Balaban J connectivity index is 1.58. The Bertz CT molecular complexity index is 1740. The van der Waals surface area contributed by atoms with Gasteiger partial charge in [0.2, 0.25) is 17.7 Å². The molecule has 1 heterocycles. The van der Waals surface area contributed by atoms with Gasteiger partial charge in [0, 0.05) is 19.1 Å². The SMILES string of the molecule is CC(C)C[C@@H]1COc2ccccc2C(=O)N[C@H](C(=O)N[C@H](C)COc2c(F)cccc2Oc2ccc(Cl)cc2)CC(=O)N(C)[C@@H](CC(C)C)C(=O)N1C. The number of hydrogen-bond acceptors (Lipinski definition) is 7. The summed E-state index contributed by atoms with van der Waals surface area (Å²) in [5.41, 5.74) is 0.169. The molecule has 3 aromatic carbocycles. The monoisotopic (exact) mass is 752 g/mol. The van der Waals surface area contributed by atoms with E-state index in [9.17, 15) is 23.6 Å². The molecule has 53 heavy (non-hydrogen) atoms. The summed E-state index contributed by atoms with van der Waals surface area (Å²) in [4.78, 5) is 58.6. The van der Waals surface area contributed by atoms with E-state index >= 15 is 0 Å². The lowest BCUT2D eigenvalue weighted by Crippen LogP contribution is -2.55. The first-order chi connectivity index (χ1) is 25.1. The van der Waals surface area contributed by atoms with E-state index in [4.69, 9.17) is 25.8 Å². The average molecular weight is 753 g/mol. The van der Waals surface area contributed by atoms with Crippen LogP contribution in [0, 0.1) is 17.7 Å². The predicted octanol–water partition coefficient (Wildman–Crippen LogP) is 6.48. The molecule has 0 spiro atoms. The molecule has 0 aliphatic carbocycles. The van der Waals surface area contributed by atoms with Crippen molar-refractivity contribution in [2.45, 2.75) is 78.0 Å². The Morgan fingerprint density at radius 1 is 0.943 bits per heavy atom. The van der Waals surface area contributed by atoms with Crippen LogP contribution in [0.3, 0.4) is 0 Å². The van der Waals surface area contributed by atoms with Crippen LogP contribution in [-0.4, -0.2) is 84.9 Å². The van der Waals surface area contributed by atoms with E-state index in [2.05, 4.69) is 24.5 Å². The van der Waals surface area contributed by atoms with Gasteiger partial charge in [-0.15, -0.1) is 0 Å². The molecule has 4 rings (SSSR count). The van der Waals surface area contributed by atoms with Crippen molar-refractivity contribution in [2.75, 3.05) is 27.3 Å². The summed E-state index contributed by atoms with van der Waals surface area (Å²) in [5.74, 6) is -1.74. The largest absolute Gasteiger partial charge is 0.491 e. The zero-order valence-electron chi connectivity index (χ0n) is 31.4. The van der Waals surface area contributed by atoms with Gasteiger partial charge in [-0.1, -0.05) is 57.5 Å². The predicted molar refractivity (Wildman–Crippen MR) is 201 cm³/mol. The summed E-state index contributed by atoms with van der Waals surface area (Å²) >= 11 is 5.97. The molecular weight excluding hydrogens is 703 g/mol. The highest BCUT2D eigenvalue weighted by Gasteiger charge is 2.36. The Morgan fingerprint density at radius 2 is 1.62 bits per heavy atom. The van der Waals surface area contributed by atoms with Crippen LogP contribution in [0.4, 0.5) is 4.39 Å². The fraction of sp³-hybridized carbons (Fsp3) is 0.450. The molecule has 0 unspecified atom stereocenters. The first-order valence-corrected chi connectivity index (χ1v) is 18.2. The smallest absolute Gasteiger partial charge is 0.255 e. The lowest BCUT2D eigenvalue weighted by atomic mass is 9.98. The second-order valence-corrected chi connectivity index (χ2v) is 14.7. The highest BCUT2D eigenvalue weighted by atomic mass is 35.5. The van der Waals surface area contributed by atoms with Crippen molar-refractivity contribution in [3.8, 4) is 23.0 Å². The lowest BCUT2D eigenvalue weighted by molar-refractivity contribution is -0.147. The Hall–Kier alpha value is -4.84. The van der Waals surface area contributed by atoms with Gasteiger partial charge in [-0.25, -0.2) is 4.39 Å². The van der Waals surface area contributed by atoms with E-state index in [1.54, 1.807) is 80.5 Å². The second kappa shape index (κ2) is 18.8. The van der Waals surface area contributed by atoms with Crippen LogP contribution >= 0.6 is 11.6 Å². The minimum atomic E-state index is -1.34. The third-order valence-electron chi connectivity index (χ3n) is 8.88. The highest BCUT2D eigenvalue weighted by molar-refractivity contribution is 6.30. The van der Waals surface area contributed by atoms with E-state index in [-0.39, 0.29) is 59.8 Å². The topological polar surface area (TPSA) is 127 Å². The molecule has 0 aromatic heterocycles. The number of benzene rings is 3. The minimum Gasteiger partial charge on any atom is -0.491 e. The quantitative estimate of drug-likeness (QED) is 0.230. The third-order valence-corrected chi connectivity index (χ3v) is 9.13. The molecule has 1 aliphatic heterocycles. The summed E-state index contributed by atoms with van der Waals surface area (Å²) in [5, 5.41) is 6.01. The lowest BCUT2D eigenvalue weighted by Gasteiger charge is -2.37. The number of carbonyl (C=O) groups excluding carboxylic acids is 4. The second-order valence-electron chi connectivity index (χ2n) is 14.3. The molecule has 1 aliphatic rings. The zero-order chi connectivity index (χ0) is 38.8. The zero-order valence-corrected chi connectivity index (χ0v) is 32.1. The van der Waals surface area contributed by atoms with Gasteiger partial charge in [0.25, 0.3) is 5.91 Å². The van der Waals surface area contributed by atoms with Gasteiger partial charge in [0.05, 0.1) is 24.1 Å². The van der Waals surface area contributed by atoms with Gasteiger partial charge in [0.1, 0.15) is 36.8 Å². The standard InChI is InChI=1S/C40H50ClFN4O7/c1-24(2)19-28-23-51-34-13-9-8-11-30(34)38(48)44-32(21-36(47)46(7)33(20-25(3)4)40(50)45(28)6)39(49)43-26(5)22-52-37-31(42)12-10-14-35(37)53-29-17-15-27(41)16-18-29/h8-18,24-26,28,32-33H,19-23H2,1-7H3,(H,43,49)(H,44,48)/t26-,28-,32+,33+/m1/s1. The van der Waals surface area contributed by atoms with Crippen molar-refractivity contribution >= 4 is 35.2 Å². The minimum absolute atomic E-state index is 0.0735. The number of amides is 4. The van der Waals surface area contributed by atoms with E-state index in [1.807, 2.05) is 13.8 Å². The van der Waals surface area contributed by atoms with Crippen molar-refractivity contribution in [3.05, 3.63) is 83.1 Å². The van der Waals surface area contributed by atoms with Gasteiger partial charge in [0.15, 0.2) is 17.3 Å². The number of halogens is 2. The molecule has 2 N–H and O–H groups in total. The summed E-state index contributed by atoms with van der Waals surface area (Å²) in [6.07, 6.45) is 0.597. The fourth-order valence-corrected chi connectivity index (χ4v) is 6.13. The number of nitrogens with zero attached hydrogens (tertiary/aromatic N) is 2. The van der Waals surface area contributed by atoms with E-state index in [0.29, 0.717) is 23.6 Å². The van der Waals surface area contributed by atoms with E-state index in [1.165, 1.54) is 17.0 Å². The molecular formula is C40H50ClFN4O7. The summed E-state index contributed by atoms with van der Waals surface area (Å²) in [7, 11) is 3.25. The molecule has 11 nitrogen and oxygen atoms in total. The molecule has 0 saturated carbocycles. The average Bonchev–Trinajstić information content (AvgIpc) is 3.11. The van der Waals surface area contributed by atoms with Crippen molar-refractivity contribution in [2.24, 2.45) is 11.8 Å². The number of nitrogens with one attached hydrogen (secondary N) is 2. The number of rotatable bonds is 11. The molecule has 0 bridgehead atoms. The van der Waals surface area contributed by atoms with Crippen molar-refractivity contribution < 1.29 is 37.8 Å². The molecule has 0 saturated heterocycles. The Labute approximate surface area is 316 Å². The van der Waals surface area contributed by atoms with Crippen LogP contribution in [0.2, 0.25) is 5.02 Å². The summed E-state index contributed by atoms with van der Waals surface area (Å²) in [6, 6.07) is 14.2. The van der Waals surface area contributed by atoms with E-state index in [0.717, 1.165) is 0 Å². The van der Waals surface area contributed by atoms with Gasteiger partial charge < -0.3 is 34.6 Å². The number of para-hydroxylation sites is 2. The third kappa shape index (κ3) is 11.3. The van der Waals surface area contributed by atoms with Crippen LogP contribution in [0.25, 0.3) is 0 Å². The molecule has 13 heteroatoms. The summed E-state index contributed by atoms with van der Waals surface area (Å²) < 4.78 is 32.8. The number of carbonyl (C=O) groups is 4. The van der Waals surface area contributed by atoms with Crippen LogP contribution in [0.5, 0.6) is 23.0 Å². The highest BCUT2D eigenvalue weighted by Crippen LogP contribution is 2.34. The Kier molecular flexibility index (Phi) is 14.5. The van der Waals surface area contributed by atoms with Crippen LogP contribution in [0.15, 0.2) is 66.7 Å². The molecule has 4 amide bonds. The van der Waals surface area contributed by atoms with Gasteiger partial charge in [-0.2, -0.15) is 0 Å². The molecule has 0 fully saturated rings. The van der Waals surface area contributed by atoms with Gasteiger partial charge in [-0.05, 0) is 80.1 Å². The van der Waals surface area contributed by atoms with Crippen molar-refractivity contribution in [1.29, 1.82) is 0 Å². The molecule has 0 radical (unpaired) electrons. The number of fused-ring (bicyclic) bond motifs is 1. The van der Waals surface area contributed by atoms with Crippen molar-refractivity contribution in [3.63, 3.8) is 0 Å². The number of likely N-dealkylation sites (N-methyl/N-ethyl adjacent to an activating group) is 2. The number of hydrogen-bond donors (Lipinski definition) is 2. The first-order valence-electron chi connectivity index (χ1n) is 17.8. The van der Waals surface area contributed by atoms with Crippen LogP contribution < -0.4 is 24.8 Å². The summed E-state index contributed by atoms with van der Waals surface area (Å²) in [6.45, 7) is 9.63.